The van der Waals surface area contributed by atoms with E-state index in [4.69, 9.17) is 0 Å². The quantitative estimate of drug-likeness (QED) is 0.246. The lowest BCUT2D eigenvalue weighted by atomic mass is 9.77. The van der Waals surface area contributed by atoms with Gasteiger partial charge in [-0.2, -0.15) is 0 Å². The van der Waals surface area contributed by atoms with Gasteiger partial charge in [0.2, 0.25) is 0 Å². The second kappa shape index (κ2) is 11.3. The summed E-state index contributed by atoms with van der Waals surface area (Å²) in [6, 6.07) is 8.06. The van der Waals surface area contributed by atoms with E-state index in [9.17, 15) is 9.59 Å². The molecule has 0 amide bonds. The van der Waals surface area contributed by atoms with Gasteiger partial charge >= 0.3 is 0 Å². The third-order valence-electron chi connectivity index (χ3n) is 6.02. The van der Waals surface area contributed by atoms with Gasteiger partial charge in [0.25, 0.3) is 0 Å². The van der Waals surface area contributed by atoms with Gasteiger partial charge < -0.3 is 0 Å². The number of ketones is 2. The topological polar surface area (TPSA) is 34.1 Å². The van der Waals surface area contributed by atoms with Gasteiger partial charge in [0, 0.05) is 12.0 Å². The van der Waals surface area contributed by atoms with Crippen molar-refractivity contribution in [1.82, 2.24) is 0 Å². The van der Waals surface area contributed by atoms with E-state index in [1.807, 2.05) is 12.1 Å². The molecule has 0 N–H and O–H groups in total. The standard InChI is InChI=1S/C24H36O2/c1-3-5-6-7-8-9-19-10-12-20(13-11-19)21-14-16-22(17-15-21)24(26)18-23(25)4-2/h14-17,19-20H,3-13,18H2,1-2H3. The first-order chi connectivity index (χ1) is 12.6. The average molecular weight is 357 g/mol. The molecule has 0 unspecified atom stereocenters. The Morgan fingerprint density at radius 2 is 1.54 bits per heavy atom. The van der Waals surface area contributed by atoms with E-state index in [2.05, 4.69) is 19.1 Å². The Bertz CT molecular complexity index is 550. The summed E-state index contributed by atoms with van der Waals surface area (Å²) < 4.78 is 0. The number of benzene rings is 1. The van der Waals surface area contributed by atoms with Crippen LogP contribution in [-0.4, -0.2) is 11.6 Å². The number of rotatable bonds is 11. The van der Waals surface area contributed by atoms with Crippen LogP contribution in [0, 0.1) is 5.92 Å². The fourth-order valence-electron chi connectivity index (χ4n) is 4.17. The third kappa shape index (κ3) is 6.70. The Morgan fingerprint density at radius 1 is 0.885 bits per heavy atom. The number of carbonyl (C=O) groups is 2. The molecular formula is C24H36O2. The van der Waals surface area contributed by atoms with Crippen molar-refractivity contribution < 1.29 is 9.59 Å². The Hall–Kier alpha value is -1.44. The van der Waals surface area contributed by atoms with E-state index in [1.54, 1.807) is 6.92 Å². The second-order valence-corrected chi connectivity index (χ2v) is 8.03. The minimum absolute atomic E-state index is 0.0205. The molecular weight excluding hydrogens is 320 g/mol. The average Bonchev–Trinajstić information content (AvgIpc) is 2.68. The summed E-state index contributed by atoms with van der Waals surface area (Å²) in [5.41, 5.74) is 2.04. The van der Waals surface area contributed by atoms with Crippen LogP contribution in [0.1, 0.15) is 113 Å². The molecule has 2 rings (SSSR count). The van der Waals surface area contributed by atoms with Crippen LogP contribution in [0.15, 0.2) is 24.3 Å². The Labute approximate surface area is 159 Å². The summed E-state index contributed by atoms with van der Waals surface area (Å²) in [7, 11) is 0. The molecule has 26 heavy (non-hydrogen) atoms. The van der Waals surface area contributed by atoms with Crippen molar-refractivity contribution in [2.24, 2.45) is 5.92 Å². The molecule has 1 aromatic rings. The second-order valence-electron chi connectivity index (χ2n) is 8.03. The predicted molar refractivity (Wildman–Crippen MR) is 109 cm³/mol. The molecule has 0 radical (unpaired) electrons. The van der Waals surface area contributed by atoms with E-state index in [1.165, 1.54) is 69.8 Å². The van der Waals surface area contributed by atoms with E-state index < -0.39 is 0 Å². The lowest BCUT2D eigenvalue weighted by Crippen LogP contribution is -2.13. The van der Waals surface area contributed by atoms with Crippen molar-refractivity contribution in [1.29, 1.82) is 0 Å². The lowest BCUT2D eigenvalue weighted by Gasteiger charge is -2.29. The first-order valence-corrected chi connectivity index (χ1v) is 10.8. The molecule has 0 aliphatic heterocycles. The Kier molecular flexibility index (Phi) is 9.08. The van der Waals surface area contributed by atoms with Crippen LogP contribution < -0.4 is 0 Å². The first-order valence-electron chi connectivity index (χ1n) is 10.8. The summed E-state index contributed by atoms with van der Waals surface area (Å²) in [5.74, 6) is 1.55. The van der Waals surface area contributed by atoms with Crippen LogP contribution in [0.5, 0.6) is 0 Å². The van der Waals surface area contributed by atoms with E-state index in [0.29, 0.717) is 17.9 Å². The molecule has 0 heterocycles. The first kappa shape index (κ1) is 20.9. The van der Waals surface area contributed by atoms with Crippen molar-refractivity contribution in [2.75, 3.05) is 0 Å². The summed E-state index contributed by atoms with van der Waals surface area (Å²) >= 11 is 0. The molecule has 144 valence electrons. The van der Waals surface area contributed by atoms with E-state index >= 15 is 0 Å². The molecule has 2 nitrogen and oxygen atoms in total. The smallest absolute Gasteiger partial charge is 0.170 e. The zero-order valence-corrected chi connectivity index (χ0v) is 16.8. The van der Waals surface area contributed by atoms with Crippen LogP contribution in [0.4, 0.5) is 0 Å². The van der Waals surface area contributed by atoms with Gasteiger partial charge in [0.05, 0.1) is 6.42 Å². The van der Waals surface area contributed by atoms with Crippen molar-refractivity contribution in [2.45, 2.75) is 96.8 Å². The summed E-state index contributed by atoms with van der Waals surface area (Å²) in [5, 5.41) is 0. The van der Waals surface area contributed by atoms with Gasteiger partial charge in [-0.05, 0) is 43.1 Å². The van der Waals surface area contributed by atoms with Gasteiger partial charge in [-0.1, -0.05) is 76.6 Å². The van der Waals surface area contributed by atoms with Crippen molar-refractivity contribution in [3.05, 3.63) is 35.4 Å². The Balaban J connectivity index is 1.75. The van der Waals surface area contributed by atoms with Gasteiger partial charge in [-0.15, -0.1) is 0 Å². The highest BCUT2D eigenvalue weighted by Crippen LogP contribution is 2.37. The molecule has 2 heteroatoms. The van der Waals surface area contributed by atoms with Gasteiger partial charge in [0.15, 0.2) is 5.78 Å². The van der Waals surface area contributed by atoms with Crippen LogP contribution in [0.2, 0.25) is 0 Å². The van der Waals surface area contributed by atoms with Crippen LogP contribution in [0.3, 0.4) is 0 Å². The van der Waals surface area contributed by atoms with Crippen LogP contribution >= 0.6 is 0 Å². The highest BCUT2D eigenvalue weighted by Gasteiger charge is 2.22. The zero-order valence-electron chi connectivity index (χ0n) is 16.8. The molecule has 0 saturated heterocycles. The molecule has 0 aromatic heterocycles. The normalized spacial score (nSPS) is 20.1. The minimum atomic E-state index is -0.0461. The number of Topliss-reactive ketones (excluding diaryl/α,β-unsaturated/α-hetero) is 2. The highest BCUT2D eigenvalue weighted by atomic mass is 16.1. The molecule has 1 aliphatic carbocycles. The number of unbranched alkanes of at least 4 members (excludes halogenated alkanes) is 4. The molecule has 0 atom stereocenters. The van der Waals surface area contributed by atoms with Crippen molar-refractivity contribution >= 4 is 11.6 Å². The SMILES string of the molecule is CCCCCCCC1CCC(c2ccc(C(=O)CC(=O)CC)cc2)CC1. The molecule has 1 fully saturated rings. The fourth-order valence-corrected chi connectivity index (χ4v) is 4.17. The maximum absolute atomic E-state index is 12.1. The number of hydrogen-bond acceptors (Lipinski definition) is 2. The maximum atomic E-state index is 12.1. The number of carbonyl (C=O) groups excluding carboxylic acids is 2. The largest absolute Gasteiger partial charge is 0.299 e. The maximum Gasteiger partial charge on any atom is 0.170 e. The van der Waals surface area contributed by atoms with Crippen molar-refractivity contribution in [3.8, 4) is 0 Å². The van der Waals surface area contributed by atoms with Crippen LogP contribution in [0.25, 0.3) is 0 Å². The molecule has 0 bridgehead atoms. The molecule has 1 aliphatic rings. The Morgan fingerprint density at radius 3 is 2.15 bits per heavy atom. The zero-order chi connectivity index (χ0) is 18.8. The van der Waals surface area contributed by atoms with Gasteiger partial charge in [-0.3, -0.25) is 9.59 Å². The summed E-state index contributed by atoms with van der Waals surface area (Å²) in [6.45, 7) is 4.08. The van der Waals surface area contributed by atoms with Crippen LogP contribution in [-0.2, 0) is 4.79 Å². The predicted octanol–water partition coefficient (Wildman–Crippen LogP) is 6.87. The minimum Gasteiger partial charge on any atom is -0.299 e. The highest BCUT2D eigenvalue weighted by molar-refractivity contribution is 6.07. The third-order valence-corrected chi connectivity index (χ3v) is 6.02. The lowest BCUT2D eigenvalue weighted by molar-refractivity contribution is -0.117. The van der Waals surface area contributed by atoms with Crippen molar-refractivity contribution in [3.63, 3.8) is 0 Å². The van der Waals surface area contributed by atoms with Gasteiger partial charge in [-0.25, -0.2) is 0 Å². The van der Waals surface area contributed by atoms with Gasteiger partial charge in [0.1, 0.15) is 5.78 Å². The number of hydrogen-bond donors (Lipinski definition) is 0. The van der Waals surface area contributed by atoms with E-state index in [-0.39, 0.29) is 18.0 Å². The van der Waals surface area contributed by atoms with E-state index in [0.717, 1.165) is 5.92 Å². The summed E-state index contributed by atoms with van der Waals surface area (Å²) in [4.78, 5) is 23.5. The molecule has 0 spiro atoms. The molecule has 1 saturated carbocycles. The monoisotopic (exact) mass is 356 g/mol. The molecule has 1 aromatic carbocycles. The summed E-state index contributed by atoms with van der Waals surface area (Å²) in [6.07, 6.45) is 14.1. The fraction of sp³-hybridized carbons (Fsp3) is 0.667.